The van der Waals surface area contributed by atoms with Gasteiger partial charge in [0.1, 0.15) is 0 Å². The molecule has 5 nitrogen and oxygen atoms in total. The van der Waals surface area contributed by atoms with Gasteiger partial charge in [-0.2, -0.15) is 0 Å². The zero-order chi connectivity index (χ0) is 12.9. The van der Waals surface area contributed by atoms with Crippen molar-refractivity contribution in [2.45, 2.75) is 39.2 Å². The summed E-state index contributed by atoms with van der Waals surface area (Å²) in [5.74, 6) is 0.605. The molecule has 0 radical (unpaired) electrons. The third-order valence-electron chi connectivity index (χ3n) is 3.01. The van der Waals surface area contributed by atoms with Crippen LogP contribution in [-0.2, 0) is 14.8 Å². The van der Waals surface area contributed by atoms with Crippen molar-refractivity contribution in [2.75, 3.05) is 18.8 Å². The van der Waals surface area contributed by atoms with Crippen LogP contribution < -0.4 is 0 Å². The Balaban J connectivity index is 2.49. The van der Waals surface area contributed by atoms with Gasteiger partial charge in [0.25, 0.3) is 0 Å². The van der Waals surface area contributed by atoms with Crippen molar-refractivity contribution < 1.29 is 13.2 Å². The molecule has 0 atom stereocenters. The van der Waals surface area contributed by atoms with E-state index in [0.717, 1.165) is 0 Å². The van der Waals surface area contributed by atoms with Crippen molar-refractivity contribution in [3.63, 3.8) is 0 Å². The molecule has 0 unspecified atom stereocenters. The van der Waals surface area contributed by atoms with Gasteiger partial charge in [0.2, 0.25) is 16.1 Å². The van der Waals surface area contributed by atoms with Gasteiger partial charge in [0.15, 0.2) is 0 Å². The minimum absolute atomic E-state index is 0.0518. The maximum atomic E-state index is 12.0. The van der Waals surface area contributed by atoms with Crippen molar-refractivity contribution >= 4 is 16.1 Å². The molecule has 0 amide bonds. The topological polar surface area (TPSA) is 66.8 Å². The Morgan fingerprint density at radius 3 is 2.41 bits per heavy atom. The monoisotopic (exact) mass is 260 g/mol. The van der Waals surface area contributed by atoms with Crippen LogP contribution in [-0.4, -0.2) is 43.7 Å². The van der Waals surface area contributed by atoms with Gasteiger partial charge in [-0.1, -0.05) is 13.8 Å². The zero-order valence-corrected chi connectivity index (χ0v) is 11.2. The Morgan fingerprint density at radius 2 is 1.94 bits per heavy atom. The highest BCUT2D eigenvalue weighted by Gasteiger charge is 2.27. The van der Waals surface area contributed by atoms with E-state index in [0.29, 0.717) is 38.3 Å². The zero-order valence-electron chi connectivity index (χ0n) is 10.4. The molecule has 1 aliphatic rings. The van der Waals surface area contributed by atoms with Crippen LogP contribution in [0.5, 0.6) is 0 Å². The molecule has 0 bridgehead atoms. The van der Waals surface area contributed by atoms with Gasteiger partial charge in [-0.05, 0) is 25.2 Å². The number of sulfonamides is 1. The normalized spacial score (nSPS) is 19.2. The van der Waals surface area contributed by atoms with Crippen LogP contribution in [0.15, 0.2) is 4.99 Å². The summed E-state index contributed by atoms with van der Waals surface area (Å²) in [5.41, 5.74) is 0. The summed E-state index contributed by atoms with van der Waals surface area (Å²) in [6, 6.07) is -0.0518. The van der Waals surface area contributed by atoms with E-state index < -0.39 is 10.0 Å². The van der Waals surface area contributed by atoms with Crippen LogP contribution in [0.25, 0.3) is 0 Å². The van der Waals surface area contributed by atoms with Crippen molar-refractivity contribution in [1.82, 2.24) is 4.31 Å². The lowest BCUT2D eigenvalue weighted by molar-refractivity contribution is 0.319. The van der Waals surface area contributed by atoms with Gasteiger partial charge >= 0.3 is 0 Å². The lowest BCUT2D eigenvalue weighted by Crippen LogP contribution is -2.40. The average Bonchev–Trinajstić information content (AvgIpc) is 2.28. The molecule has 0 aromatic rings. The first-order valence-corrected chi connectivity index (χ1v) is 7.61. The Labute approximate surface area is 103 Å². The minimum atomic E-state index is -3.12. The van der Waals surface area contributed by atoms with E-state index in [1.165, 1.54) is 10.4 Å². The fourth-order valence-corrected chi connectivity index (χ4v) is 3.63. The number of isocyanates is 1. The lowest BCUT2D eigenvalue weighted by atomic mass is 10.1. The standard InChI is InChI=1S/C11H20N2O3S/c1-10(2)5-8-17(15,16)13-6-3-11(4-7-13)12-9-14/h10-11H,3-8H2,1-2H3. The fourth-order valence-electron chi connectivity index (χ4n) is 1.84. The Bertz CT molecular complexity index is 378. The summed E-state index contributed by atoms with van der Waals surface area (Å²) in [6.07, 6.45) is 3.47. The van der Waals surface area contributed by atoms with Gasteiger partial charge in [0.05, 0.1) is 11.8 Å². The van der Waals surface area contributed by atoms with Crippen LogP contribution in [0.4, 0.5) is 0 Å². The number of hydrogen-bond donors (Lipinski definition) is 0. The van der Waals surface area contributed by atoms with Crippen LogP contribution in [0.2, 0.25) is 0 Å². The summed E-state index contributed by atoms with van der Waals surface area (Å²) in [7, 11) is -3.12. The number of aliphatic imine (C=N–C) groups is 1. The van der Waals surface area contributed by atoms with Crippen molar-refractivity contribution in [3.05, 3.63) is 0 Å². The molecule has 98 valence electrons. The Morgan fingerprint density at radius 1 is 1.35 bits per heavy atom. The fraction of sp³-hybridized carbons (Fsp3) is 0.909. The smallest absolute Gasteiger partial charge is 0.212 e. The highest BCUT2D eigenvalue weighted by Crippen LogP contribution is 2.17. The molecule has 6 heteroatoms. The average molecular weight is 260 g/mol. The molecule has 1 rings (SSSR count). The molecule has 1 fully saturated rings. The van der Waals surface area contributed by atoms with Gasteiger partial charge in [-0.25, -0.2) is 22.5 Å². The van der Waals surface area contributed by atoms with E-state index in [4.69, 9.17) is 0 Å². The largest absolute Gasteiger partial charge is 0.235 e. The first-order valence-electron chi connectivity index (χ1n) is 6.00. The van der Waals surface area contributed by atoms with E-state index in [1.54, 1.807) is 0 Å². The number of piperidine rings is 1. The maximum Gasteiger partial charge on any atom is 0.235 e. The maximum absolute atomic E-state index is 12.0. The van der Waals surface area contributed by atoms with E-state index in [9.17, 15) is 13.2 Å². The quantitative estimate of drug-likeness (QED) is 0.550. The van der Waals surface area contributed by atoms with Gasteiger partial charge in [-0.15, -0.1) is 0 Å². The molecule has 0 aromatic heterocycles. The number of nitrogens with zero attached hydrogens (tertiary/aromatic N) is 2. The molecule has 1 heterocycles. The molecule has 1 aliphatic heterocycles. The second kappa shape index (κ2) is 6.28. The summed E-state index contributed by atoms with van der Waals surface area (Å²) in [4.78, 5) is 13.8. The molecular formula is C11H20N2O3S. The van der Waals surface area contributed by atoms with Gasteiger partial charge < -0.3 is 0 Å². The first kappa shape index (κ1) is 14.4. The second-order valence-electron chi connectivity index (χ2n) is 4.85. The summed E-state index contributed by atoms with van der Waals surface area (Å²) < 4.78 is 25.5. The third-order valence-corrected chi connectivity index (χ3v) is 4.91. The molecule has 17 heavy (non-hydrogen) atoms. The van der Waals surface area contributed by atoms with E-state index in [1.807, 2.05) is 13.8 Å². The molecular weight excluding hydrogens is 240 g/mol. The minimum Gasteiger partial charge on any atom is -0.212 e. The SMILES string of the molecule is CC(C)CCS(=O)(=O)N1CCC(N=C=O)CC1. The van der Waals surface area contributed by atoms with E-state index in [-0.39, 0.29) is 11.8 Å². The van der Waals surface area contributed by atoms with Crippen molar-refractivity contribution in [2.24, 2.45) is 10.9 Å². The summed E-state index contributed by atoms with van der Waals surface area (Å²) in [6.45, 7) is 4.97. The predicted molar refractivity (Wildman–Crippen MR) is 66.0 cm³/mol. The number of rotatable bonds is 5. The van der Waals surface area contributed by atoms with Crippen LogP contribution in [0.1, 0.15) is 33.1 Å². The molecule has 0 spiro atoms. The summed E-state index contributed by atoms with van der Waals surface area (Å²) in [5, 5.41) is 0. The molecule has 0 N–H and O–H groups in total. The van der Waals surface area contributed by atoms with Crippen molar-refractivity contribution in [3.8, 4) is 0 Å². The van der Waals surface area contributed by atoms with Crippen LogP contribution in [0, 0.1) is 5.92 Å². The molecule has 1 saturated heterocycles. The Kier molecular flexibility index (Phi) is 5.31. The van der Waals surface area contributed by atoms with Crippen molar-refractivity contribution in [1.29, 1.82) is 0 Å². The molecule has 0 aromatic carbocycles. The first-order chi connectivity index (χ1) is 7.95. The van der Waals surface area contributed by atoms with E-state index >= 15 is 0 Å². The predicted octanol–water partition coefficient (Wildman–Crippen LogP) is 1.16. The highest BCUT2D eigenvalue weighted by atomic mass is 32.2. The second-order valence-corrected chi connectivity index (χ2v) is 6.94. The van der Waals surface area contributed by atoms with Gasteiger partial charge in [0, 0.05) is 13.1 Å². The van der Waals surface area contributed by atoms with Gasteiger partial charge in [-0.3, -0.25) is 0 Å². The molecule has 0 saturated carbocycles. The van der Waals surface area contributed by atoms with Crippen LogP contribution >= 0.6 is 0 Å². The number of hydrogen-bond acceptors (Lipinski definition) is 4. The number of carbonyl (C=O) groups excluding carboxylic acids is 1. The summed E-state index contributed by atoms with van der Waals surface area (Å²) >= 11 is 0. The van der Waals surface area contributed by atoms with E-state index in [2.05, 4.69) is 4.99 Å². The highest BCUT2D eigenvalue weighted by molar-refractivity contribution is 7.89. The Hall–Kier alpha value is -0.710. The van der Waals surface area contributed by atoms with Crippen LogP contribution in [0.3, 0.4) is 0 Å². The third kappa shape index (κ3) is 4.58. The molecule has 0 aliphatic carbocycles. The lowest BCUT2D eigenvalue weighted by Gasteiger charge is -2.29.